The summed E-state index contributed by atoms with van der Waals surface area (Å²) in [5.74, 6) is 0. The molecule has 0 aliphatic rings. The first-order chi connectivity index (χ1) is 14.4. The molecule has 0 radical (unpaired) electrons. The molecule has 0 saturated carbocycles. The lowest BCUT2D eigenvalue weighted by atomic mass is 10.1. The highest BCUT2D eigenvalue weighted by molar-refractivity contribution is 7.90. The molecule has 6 nitrogen and oxygen atoms in total. The number of amides is 1. The molecule has 0 aromatic heterocycles. The van der Waals surface area contributed by atoms with Gasteiger partial charge in [-0.1, -0.05) is 70.1 Å². The predicted molar refractivity (Wildman–Crippen MR) is 120 cm³/mol. The molecule has 1 aromatic rings. The molecule has 1 amide bonds. The van der Waals surface area contributed by atoms with Crippen LogP contribution in [-0.4, -0.2) is 20.8 Å². The maximum Gasteiger partial charge on any atom is 0.424 e. The number of allylic oxidation sites excluding steroid dienone is 1. The SMILES string of the molecule is CCCC/C=C/OC(CCCCCCCC)OC(=O)NS(=O)(=O)c1ccc(C)cc1. The second-order valence-corrected chi connectivity index (χ2v) is 9.14. The fourth-order valence-corrected chi connectivity index (χ4v) is 3.69. The third kappa shape index (κ3) is 11.2. The highest BCUT2D eigenvalue weighted by atomic mass is 32.2. The summed E-state index contributed by atoms with van der Waals surface area (Å²) in [6, 6.07) is 6.24. The van der Waals surface area contributed by atoms with Crippen molar-refractivity contribution in [2.75, 3.05) is 0 Å². The van der Waals surface area contributed by atoms with Crippen LogP contribution in [0, 0.1) is 6.92 Å². The summed E-state index contributed by atoms with van der Waals surface area (Å²) < 4.78 is 37.5. The molecule has 0 fully saturated rings. The summed E-state index contributed by atoms with van der Waals surface area (Å²) in [6.45, 7) is 6.14. The van der Waals surface area contributed by atoms with Gasteiger partial charge in [-0.3, -0.25) is 0 Å². The van der Waals surface area contributed by atoms with Gasteiger partial charge in [0.1, 0.15) is 0 Å². The molecular formula is C23H37NO5S. The Kier molecular flexibility index (Phi) is 12.9. The van der Waals surface area contributed by atoms with Crippen molar-refractivity contribution in [1.29, 1.82) is 0 Å². The number of nitrogens with one attached hydrogen (secondary N) is 1. The molecule has 170 valence electrons. The minimum absolute atomic E-state index is 0.0119. The molecule has 0 saturated heterocycles. The molecule has 0 aliphatic heterocycles. The minimum atomic E-state index is -3.99. The van der Waals surface area contributed by atoms with E-state index in [1.165, 1.54) is 31.4 Å². The molecule has 0 bridgehead atoms. The van der Waals surface area contributed by atoms with Crippen LogP contribution in [-0.2, 0) is 19.5 Å². The van der Waals surface area contributed by atoms with Crippen LogP contribution in [0.25, 0.3) is 0 Å². The Labute approximate surface area is 182 Å². The van der Waals surface area contributed by atoms with Gasteiger partial charge in [0.05, 0.1) is 11.2 Å². The summed E-state index contributed by atoms with van der Waals surface area (Å²) in [6.07, 6.45) is 11.7. The standard InChI is InChI=1S/C23H37NO5S/c1-4-6-8-10-11-12-14-22(28-19-13-9-7-5-2)29-23(25)24-30(26,27)21-17-15-20(3)16-18-21/h13,15-19,22H,4-12,14H2,1-3H3,(H,24,25)/b19-13+. The van der Waals surface area contributed by atoms with E-state index in [4.69, 9.17) is 9.47 Å². The van der Waals surface area contributed by atoms with Crippen molar-refractivity contribution in [3.8, 4) is 0 Å². The summed E-state index contributed by atoms with van der Waals surface area (Å²) in [7, 11) is -3.99. The van der Waals surface area contributed by atoms with E-state index in [0.717, 1.165) is 44.1 Å². The normalized spacial score (nSPS) is 12.6. The monoisotopic (exact) mass is 439 g/mol. The Bertz CT molecular complexity index is 728. The fourth-order valence-electron chi connectivity index (χ4n) is 2.81. The van der Waals surface area contributed by atoms with Crippen molar-refractivity contribution in [2.24, 2.45) is 0 Å². The third-order valence-electron chi connectivity index (χ3n) is 4.63. The average Bonchev–Trinajstić information content (AvgIpc) is 2.70. The van der Waals surface area contributed by atoms with E-state index in [-0.39, 0.29) is 4.90 Å². The summed E-state index contributed by atoms with van der Waals surface area (Å²) in [4.78, 5) is 12.2. The van der Waals surface area contributed by atoms with E-state index in [9.17, 15) is 13.2 Å². The smallest absolute Gasteiger partial charge is 0.424 e. The Morgan fingerprint density at radius 2 is 1.63 bits per heavy atom. The molecule has 7 heteroatoms. The molecule has 30 heavy (non-hydrogen) atoms. The van der Waals surface area contributed by atoms with Gasteiger partial charge in [0.2, 0.25) is 6.29 Å². The van der Waals surface area contributed by atoms with E-state index in [0.29, 0.717) is 6.42 Å². The molecule has 0 heterocycles. The van der Waals surface area contributed by atoms with E-state index in [1.807, 2.05) is 17.7 Å². The average molecular weight is 440 g/mol. The minimum Gasteiger partial charge on any atom is -0.463 e. The molecule has 1 atom stereocenters. The molecule has 1 rings (SSSR count). The largest absolute Gasteiger partial charge is 0.463 e. The number of aryl methyl sites for hydroxylation is 1. The number of hydrogen-bond acceptors (Lipinski definition) is 5. The topological polar surface area (TPSA) is 81.7 Å². The molecule has 1 N–H and O–H groups in total. The number of rotatable bonds is 15. The first-order valence-electron chi connectivity index (χ1n) is 11.0. The maximum absolute atomic E-state index is 12.4. The van der Waals surface area contributed by atoms with Crippen LogP contribution >= 0.6 is 0 Å². The molecule has 1 unspecified atom stereocenters. The van der Waals surface area contributed by atoms with Crippen LogP contribution in [0.1, 0.15) is 83.6 Å². The van der Waals surface area contributed by atoms with Crippen LogP contribution in [0.3, 0.4) is 0 Å². The fraction of sp³-hybridized carbons (Fsp3) is 0.609. The molecule has 0 spiro atoms. The zero-order chi connectivity index (χ0) is 22.2. The third-order valence-corrected chi connectivity index (χ3v) is 5.96. The van der Waals surface area contributed by atoms with Crippen LogP contribution in [0.4, 0.5) is 4.79 Å². The van der Waals surface area contributed by atoms with Crippen molar-refractivity contribution < 1.29 is 22.7 Å². The Hall–Kier alpha value is -2.02. The Morgan fingerprint density at radius 3 is 2.30 bits per heavy atom. The lowest BCUT2D eigenvalue weighted by molar-refractivity contribution is -0.0652. The summed E-state index contributed by atoms with van der Waals surface area (Å²) in [5, 5.41) is 0. The van der Waals surface area contributed by atoms with Gasteiger partial charge in [0, 0.05) is 6.42 Å². The highest BCUT2D eigenvalue weighted by Crippen LogP contribution is 2.14. The van der Waals surface area contributed by atoms with Gasteiger partial charge in [0.15, 0.2) is 0 Å². The number of sulfonamides is 1. The summed E-state index contributed by atoms with van der Waals surface area (Å²) in [5.41, 5.74) is 0.929. The lowest BCUT2D eigenvalue weighted by Gasteiger charge is -2.18. The van der Waals surface area contributed by atoms with Crippen molar-refractivity contribution >= 4 is 16.1 Å². The van der Waals surface area contributed by atoms with Crippen molar-refractivity contribution in [3.05, 3.63) is 42.2 Å². The quantitative estimate of drug-likeness (QED) is 0.200. The predicted octanol–water partition coefficient (Wildman–Crippen LogP) is 6.21. The number of carbonyl (C=O) groups excluding carboxylic acids is 1. The summed E-state index contributed by atoms with van der Waals surface area (Å²) >= 11 is 0. The second-order valence-electron chi connectivity index (χ2n) is 7.46. The zero-order valence-corrected chi connectivity index (χ0v) is 19.4. The van der Waals surface area contributed by atoms with Crippen molar-refractivity contribution in [1.82, 2.24) is 4.72 Å². The van der Waals surface area contributed by atoms with E-state index in [1.54, 1.807) is 18.4 Å². The number of hydrogen-bond donors (Lipinski definition) is 1. The second kappa shape index (κ2) is 14.9. The number of carbonyl (C=O) groups is 1. The van der Waals surface area contributed by atoms with E-state index >= 15 is 0 Å². The number of benzene rings is 1. The van der Waals surface area contributed by atoms with Crippen molar-refractivity contribution in [3.63, 3.8) is 0 Å². The van der Waals surface area contributed by atoms with Crippen LogP contribution in [0.5, 0.6) is 0 Å². The molecule has 0 aliphatic carbocycles. The van der Waals surface area contributed by atoms with Gasteiger partial charge in [-0.25, -0.2) is 17.9 Å². The van der Waals surface area contributed by atoms with Crippen LogP contribution < -0.4 is 4.72 Å². The number of ether oxygens (including phenoxy) is 2. The molecule has 1 aromatic carbocycles. The van der Waals surface area contributed by atoms with Crippen LogP contribution in [0.2, 0.25) is 0 Å². The van der Waals surface area contributed by atoms with Gasteiger partial charge in [-0.2, -0.15) is 0 Å². The van der Waals surface area contributed by atoms with Gasteiger partial charge in [-0.15, -0.1) is 0 Å². The highest BCUT2D eigenvalue weighted by Gasteiger charge is 2.21. The van der Waals surface area contributed by atoms with Gasteiger partial charge in [0.25, 0.3) is 10.0 Å². The first kappa shape index (κ1) is 26.0. The van der Waals surface area contributed by atoms with Crippen LogP contribution in [0.15, 0.2) is 41.5 Å². The Morgan fingerprint density at radius 1 is 1.00 bits per heavy atom. The zero-order valence-electron chi connectivity index (χ0n) is 18.6. The maximum atomic E-state index is 12.4. The first-order valence-corrected chi connectivity index (χ1v) is 12.5. The van der Waals surface area contributed by atoms with Gasteiger partial charge in [-0.05, 0) is 44.4 Å². The lowest BCUT2D eigenvalue weighted by Crippen LogP contribution is -2.34. The van der Waals surface area contributed by atoms with E-state index in [2.05, 4.69) is 13.8 Å². The number of unbranched alkanes of at least 4 members (excludes halogenated alkanes) is 7. The Balaban J connectivity index is 2.60. The van der Waals surface area contributed by atoms with E-state index < -0.39 is 22.4 Å². The van der Waals surface area contributed by atoms with Crippen molar-refractivity contribution in [2.45, 2.75) is 96.2 Å². The molecular weight excluding hydrogens is 402 g/mol. The van der Waals surface area contributed by atoms with Gasteiger partial charge < -0.3 is 9.47 Å². The van der Waals surface area contributed by atoms with Gasteiger partial charge >= 0.3 is 6.09 Å².